The van der Waals surface area contributed by atoms with E-state index in [2.05, 4.69) is 31.2 Å². The number of rotatable bonds is 4. The number of benzene rings is 1. The molecular weight excluding hydrogens is 422 g/mol. The lowest BCUT2D eigenvalue weighted by Gasteiger charge is -2.52. The lowest BCUT2D eigenvalue weighted by atomic mass is 9.53. The number of hydrogen-bond donors (Lipinski definition) is 1. The largest absolute Gasteiger partial charge is 0.393 e. The number of ketones is 1. The molecule has 182 valence electrons. The highest BCUT2D eigenvalue weighted by molar-refractivity contribution is 5.93. The fourth-order valence-electron chi connectivity index (χ4n) is 7.39. The number of hydrogen-bond acceptors (Lipinski definition) is 3. The average molecular weight is 462 g/mol. The molecule has 1 N–H and O–H groups in total. The summed E-state index contributed by atoms with van der Waals surface area (Å²) in [7, 11) is 1.87. The number of likely N-dealkylation sites (N-methyl/N-ethyl adjacent to an activating group) is 1. The van der Waals surface area contributed by atoms with Gasteiger partial charge < -0.3 is 10.0 Å². The van der Waals surface area contributed by atoms with E-state index in [0.29, 0.717) is 24.7 Å². The average Bonchev–Trinajstić information content (AvgIpc) is 3.12. The van der Waals surface area contributed by atoms with Crippen LogP contribution in [0.3, 0.4) is 0 Å². The van der Waals surface area contributed by atoms with Crippen molar-refractivity contribution in [2.75, 3.05) is 7.05 Å². The Kier molecular flexibility index (Phi) is 6.08. The van der Waals surface area contributed by atoms with Crippen molar-refractivity contribution in [2.45, 2.75) is 90.2 Å². The van der Waals surface area contributed by atoms with Gasteiger partial charge in [-0.15, -0.1) is 0 Å². The molecule has 2 unspecified atom stereocenters. The Balaban J connectivity index is 1.51. The van der Waals surface area contributed by atoms with E-state index in [9.17, 15) is 14.7 Å². The summed E-state index contributed by atoms with van der Waals surface area (Å²) < 4.78 is 0. The molecule has 34 heavy (non-hydrogen) atoms. The Morgan fingerprint density at radius 3 is 2.56 bits per heavy atom. The van der Waals surface area contributed by atoms with Gasteiger partial charge in [0.2, 0.25) is 5.91 Å². The molecule has 0 aliphatic heterocycles. The lowest BCUT2D eigenvalue weighted by molar-refractivity contribution is -0.130. The Labute approximate surface area is 204 Å². The molecule has 1 aromatic carbocycles. The molecule has 4 nitrogen and oxygen atoms in total. The molecule has 2 saturated carbocycles. The van der Waals surface area contributed by atoms with Gasteiger partial charge in [0.05, 0.1) is 12.5 Å². The second kappa shape index (κ2) is 8.78. The number of aliphatic hydroxyl groups is 1. The first-order valence-electron chi connectivity index (χ1n) is 13.2. The number of carbonyl (C=O) groups excluding carboxylic acids is 2. The molecule has 0 aromatic heterocycles. The van der Waals surface area contributed by atoms with E-state index in [-0.39, 0.29) is 35.2 Å². The second-order valence-corrected chi connectivity index (χ2v) is 11.7. The highest BCUT2D eigenvalue weighted by Crippen LogP contribution is 2.63. The molecule has 4 aliphatic rings. The van der Waals surface area contributed by atoms with Crippen LogP contribution in [0.15, 0.2) is 47.1 Å². The van der Waals surface area contributed by atoms with E-state index < -0.39 is 0 Å². The van der Waals surface area contributed by atoms with Crippen LogP contribution < -0.4 is 0 Å². The zero-order valence-electron chi connectivity index (χ0n) is 21.1. The highest BCUT2D eigenvalue weighted by Gasteiger charge is 2.56. The maximum absolute atomic E-state index is 12.6. The standard InChI is InChI=1S/C30H39NO3/c1-18(2)31(4)28(34)15-19-5-7-20(8-6-19)25-17-30(3)26(13-14-27(30)33)24-11-9-21-16-22(32)10-12-23(21)29(24)25/h5-8,16,18,24-27,33H,9-15,17H2,1-4H3/t24?,25-,26?,27+,30+/m1/s1. The van der Waals surface area contributed by atoms with E-state index >= 15 is 0 Å². The summed E-state index contributed by atoms with van der Waals surface area (Å²) in [6.07, 6.45) is 8.64. The smallest absolute Gasteiger partial charge is 0.226 e. The van der Waals surface area contributed by atoms with Gasteiger partial charge in [-0.3, -0.25) is 9.59 Å². The number of amides is 1. The number of carbonyl (C=O) groups is 2. The van der Waals surface area contributed by atoms with E-state index in [1.54, 1.807) is 10.5 Å². The van der Waals surface area contributed by atoms with Gasteiger partial charge in [-0.1, -0.05) is 36.8 Å². The van der Waals surface area contributed by atoms with Crippen LogP contribution in [0.1, 0.15) is 82.8 Å². The van der Waals surface area contributed by atoms with Gasteiger partial charge in [0, 0.05) is 25.4 Å². The molecule has 0 radical (unpaired) electrons. The van der Waals surface area contributed by atoms with Crippen LogP contribution in [0.2, 0.25) is 0 Å². The summed E-state index contributed by atoms with van der Waals surface area (Å²) in [5.74, 6) is 1.72. The minimum Gasteiger partial charge on any atom is -0.393 e. The molecule has 4 heteroatoms. The summed E-state index contributed by atoms with van der Waals surface area (Å²) >= 11 is 0. The molecule has 1 aromatic rings. The summed E-state index contributed by atoms with van der Waals surface area (Å²) in [5.41, 5.74) is 6.56. The van der Waals surface area contributed by atoms with Crippen LogP contribution in [0, 0.1) is 17.3 Å². The second-order valence-electron chi connectivity index (χ2n) is 11.7. The van der Waals surface area contributed by atoms with Crippen molar-refractivity contribution in [2.24, 2.45) is 17.3 Å². The van der Waals surface area contributed by atoms with Gasteiger partial charge >= 0.3 is 0 Å². The van der Waals surface area contributed by atoms with Gasteiger partial charge in [-0.2, -0.15) is 0 Å². The van der Waals surface area contributed by atoms with Crippen molar-refractivity contribution in [1.82, 2.24) is 4.90 Å². The van der Waals surface area contributed by atoms with Crippen LogP contribution in [-0.2, 0) is 16.0 Å². The maximum Gasteiger partial charge on any atom is 0.226 e. The molecular formula is C30H39NO3. The molecule has 1 amide bonds. The number of allylic oxidation sites excluding steroid dienone is 4. The molecule has 4 aliphatic carbocycles. The molecule has 0 saturated heterocycles. The monoisotopic (exact) mass is 461 g/mol. The minimum absolute atomic E-state index is 0.0558. The molecule has 0 spiro atoms. The maximum atomic E-state index is 12.6. The first kappa shape index (κ1) is 23.5. The topological polar surface area (TPSA) is 57.6 Å². The van der Waals surface area contributed by atoms with Crippen molar-refractivity contribution in [3.05, 3.63) is 58.2 Å². The highest BCUT2D eigenvalue weighted by atomic mass is 16.3. The fourth-order valence-corrected chi connectivity index (χ4v) is 7.39. The van der Waals surface area contributed by atoms with E-state index in [1.807, 2.05) is 27.0 Å². The van der Waals surface area contributed by atoms with E-state index in [0.717, 1.165) is 44.1 Å². The van der Waals surface area contributed by atoms with E-state index in [1.165, 1.54) is 16.7 Å². The van der Waals surface area contributed by atoms with Crippen LogP contribution in [0.5, 0.6) is 0 Å². The summed E-state index contributed by atoms with van der Waals surface area (Å²) in [6.45, 7) is 6.38. The molecule has 0 heterocycles. The lowest BCUT2D eigenvalue weighted by Crippen LogP contribution is -2.45. The van der Waals surface area contributed by atoms with Crippen molar-refractivity contribution >= 4 is 11.7 Å². The Morgan fingerprint density at radius 1 is 1.12 bits per heavy atom. The van der Waals surface area contributed by atoms with Crippen molar-refractivity contribution in [3.63, 3.8) is 0 Å². The van der Waals surface area contributed by atoms with Crippen LogP contribution in [0.4, 0.5) is 0 Å². The van der Waals surface area contributed by atoms with Crippen LogP contribution in [0.25, 0.3) is 0 Å². The summed E-state index contributed by atoms with van der Waals surface area (Å²) in [6, 6.07) is 8.85. The predicted molar refractivity (Wildman–Crippen MR) is 134 cm³/mol. The quantitative estimate of drug-likeness (QED) is 0.657. The zero-order valence-corrected chi connectivity index (χ0v) is 21.1. The SMILES string of the molecule is CC(C)N(C)C(=O)Cc1ccc([C@H]2C[C@@]3(C)C(CC[C@@H]3O)C3CCC4=CC(=O)CCC4=C32)cc1. The first-order chi connectivity index (χ1) is 16.2. The van der Waals surface area contributed by atoms with Crippen molar-refractivity contribution in [3.8, 4) is 0 Å². The van der Waals surface area contributed by atoms with Crippen LogP contribution >= 0.6 is 0 Å². The third-order valence-electron chi connectivity index (χ3n) is 9.59. The first-order valence-corrected chi connectivity index (χ1v) is 13.2. The van der Waals surface area contributed by atoms with Gasteiger partial charge in [0.1, 0.15) is 0 Å². The molecule has 5 atom stereocenters. The summed E-state index contributed by atoms with van der Waals surface area (Å²) in [4.78, 5) is 26.5. The van der Waals surface area contributed by atoms with Gasteiger partial charge in [0.25, 0.3) is 0 Å². The zero-order chi connectivity index (χ0) is 24.2. The van der Waals surface area contributed by atoms with Crippen molar-refractivity contribution < 1.29 is 14.7 Å². The Morgan fingerprint density at radius 2 is 1.85 bits per heavy atom. The van der Waals surface area contributed by atoms with Gasteiger partial charge in [-0.05, 0) is 98.0 Å². The molecule has 5 rings (SSSR count). The van der Waals surface area contributed by atoms with Crippen LogP contribution in [-0.4, -0.2) is 40.9 Å². The fraction of sp³-hybridized carbons (Fsp3) is 0.600. The number of fused-ring (bicyclic) bond motifs is 4. The van der Waals surface area contributed by atoms with E-state index in [4.69, 9.17) is 0 Å². The number of nitrogens with zero attached hydrogens (tertiary/aromatic N) is 1. The molecule has 0 bridgehead atoms. The molecule has 2 fully saturated rings. The van der Waals surface area contributed by atoms with Gasteiger partial charge in [-0.25, -0.2) is 0 Å². The summed E-state index contributed by atoms with van der Waals surface area (Å²) in [5, 5.41) is 11.0. The third kappa shape index (κ3) is 3.88. The third-order valence-corrected chi connectivity index (χ3v) is 9.59. The van der Waals surface area contributed by atoms with Crippen molar-refractivity contribution in [1.29, 1.82) is 0 Å². The normalized spacial score (nSPS) is 32.8. The minimum atomic E-state index is -0.236. The number of aliphatic hydroxyl groups excluding tert-OH is 1. The van der Waals surface area contributed by atoms with Gasteiger partial charge in [0.15, 0.2) is 5.78 Å². The Hall–Kier alpha value is -2.20. The Bertz CT molecular complexity index is 1050. The predicted octanol–water partition coefficient (Wildman–Crippen LogP) is 5.36.